The summed E-state index contributed by atoms with van der Waals surface area (Å²) in [4.78, 5) is 2.28. The van der Waals surface area contributed by atoms with Gasteiger partial charge in [-0.1, -0.05) is 48.0 Å². The average molecular weight is 482 g/mol. The number of halogens is 1. The SMILES string of the molecule is C=CCOC[C@H](O)CN(Cc1c(C)nn(-c2ccccc2)c1Oc1ccccc1Cl)CC1CC1. The first kappa shape index (κ1) is 24.5. The Morgan fingerprint density at radius 2 is 1.94 bits per heavy atom. The summed E-state index contributed by atoms with van der Waals surface area (Å²) in [6, 6.07) is 17.4. The van der Waals surface area contributed by atoms with Gasteiger partial charge in [0.1, 0.15) is 5.75 Å². The zero-order valence-corrected chi connectivity index (χ0v) is 20.3. The van der Waals surface area contributed by atoms with E-state index in [0.29, 0.717) is 42.3 Å². The summed E-state index contributed by atoms with van der Waals surface area (Å²) in [6.45, 7) is 8.39. The van der Waals surface area contributed by atoms with E-state index in [0.717, 1.165) is 23.5 Å². The minimum absolute atomic E-state index is 0.276. The van der Waals surface area contributed by atoms with Gasteiger partial charge in [0, 0.05) is 19.6 Å². The Kier molecular flexibility index (Phi) is 8.40. The molecule has 1 aromatic heterocycles. The number of aliphatic hydroxyl groups is 1. The third-order valence-electron chi connectivity index (χ3n) is 5.79. The van der Waals surface area contributed by atoms with Crippen LogP contribution in [-0.4, -0.2) is 52.2 Å². The lowest BCUT2D eigenvalue weighted by Crippen LogP contribution is -2.36. The quantitative estimate of drug-likeness (QED) is 0.261. The third kappa shape index (κ3) is 6.48. The number of rotatable bonds is 13. The Balaban J connectivity index is 1.64. The van der Waals surface area contributed by atoms with Crippen LogP contribution in [0.4, 0.5) is 0 Å². The molecular formula is C27H32ClN3O3. The van der Waals surface area contributed by atoms with Gasteiger partial charge in [-0.25, -0.2) is 4.68 Å². The Bertz CT molecular complexity index is 1080. The van der Waals surface area contributed by atoms with E-state index in [-0.39, 0.29) is 6.61 Å². The molecule has 1 fully saturated rings. The summed E-state index contributed by atoms with van der Waals surface area (Å²) in [5.74, 6) is 1.88. The monoisotopic (exact) mass is 481 g/mol. The molecule has 0 amide bonds. The van der Waals surface area contributed by atoms with Crippen LogP contribution in [-0.2, 0) is 11.3 Å². The number of para-hydroxylation sites is 2. The largest absolute Gasteiger partial charge is 0.437 e. The highest BCUT2D eigenvalue weighted by Gasteiger charge is 2.28. The van der Waals surface area contributed by atoms with Crippen LogP contribution in [0.5, 0.6) is 11.6 Å². The highest BCUT2D eigenvalue weighted by atomic mass is 35.5. The maximum absolute atomic E-state index is 10.6. The molecule has 1 aliphatic rings. The highest BCUT2D eigenvalue weighted by molar-refractivity contribution is 6.32. The number of hydrogen-bond acceptors (Lipinski definition) is 5. The van der Waals surface area contributed by atoms with E-state index in [4.69, 9.17) is 26.2 Å². The zero-order chi connectivity index (χ0) is 23.9. The molecule has 0 saturated heterocycles. The maximum atomic E-state index is 10.6. The Morgan fingerprint density at radius 1 is 1.21 bits per heavy atom. The standard InChI is InChI=1S/C27H32ClN3O3/c1-3-15-33-19-23(32)17-30(16-21-13-14-21)18-24-20(2)29-31(22-9-5-4-6-10-22)27(24)34-26-12-8-7-11-25(26)28/h3-12,21,23,32H,1,13-19H2,2H3/t23-/m1/s1. The predicted octanol–water partition coefficient (Wildman–Crippen LogP) is 5.40. The van der Waals surface area contributed by atoms with E-state index < -0.39 is 6.10 Å². The topological polar surface area (TPSA) is 59.8 Å². The molecule has 1 N–H and O–H groups in total. The van der Waals surface area contributed by atoms with E-state index >= 15 is 0 Å². The summed E-state index contributed by atoms with van der Waals surface area (Å²) < 4.78 is 13.7. The number of ether oxygens (including phenoxy) is 2. The van der Waals surface area contributed by atoms with Crippen molar-refractivity contribution in [2.75, 3.05) is 26.3 Å². The predicted molar refractivity (Wildman–Crippen MR) is 135 cm³/mol. The van der Waals surface area contributed by atoms with Crippen LogP contribution in [0.3, 0.4) is 0 Å². The van der Waals surface area contributed by atoms with Crippen molar-refractivity contribution in [3.05, 3.63) is 83.5 Å². The highest BCUT2D eigenvalue weighted by Crippen LogP contribution is 2.36. The van der Waals surface area contributed by atoms with Crippen LogP contribution in [0.15, 0.2) is 67.3 Å². The van der Waals surface area contributed by atoms with Crippen LogP contribution in [0.2, 0.25) is 5.02 Å². The molecule has 6 nitrogen and oxygen atoms in total. The third-order valence-corrected chi connectivity index (χ3v) is 6.10. The molecule has 0 radical (unpaired) electrons. The first-order valence-electron chi connectivity index (χ1n) is 11.7. The zero-order valence-electron chi connectivity index (χ0n) is 19.6. The van der Waals surface area contributed by atoms with Crippen molar-refractivity contribution in [3.8, 4) is 17.3 Å². The van der Waals surface area contributed by atoms with Crippen molar-refractivity contribution in [2.24, 2.45) is 5.92 Å². The summed E-state index contributed by atoms with van der Waals surface area (Å²) in [5, 5.41) is 15.9. The summed E-state index contributed by atoms with van der Waals surface area (Å²) >= 11 is 6.42. The molecule has 2 aromatic carbocycles. The lowest BCUT2D eigenvalue weighted by molar-refractivity contribution is 0.0235. The number of nitrogens with zero attached hydrogens (tertiary/aromatic N) is 3. The van der Waals surface area contributed by atoms with E-state index in [1.165, 1.54) is 12.8 Å². The van der Waals surface area contributed by atoms with Crippen molar-refractivity contribution >= 4 is 11.6 Å². The van der Waals surface area contributed by atoms with Gasteiger partial charge in [-0.2, -0.15) is 5.10 Å². The van der Waals surface area contributed by atoms with Gasteiger partial charge in [0.2, 0.25) is 5.88 Å². The summed E-state index contributed by atoms with van der Waals surface area (Å²) in [7, 11) is 0. The molecular weight excluding hydrogens is 450 g/mol. The van der Waals surface area contributed by atoms with Crippen LogP contribution in [0.25, 0.3) is 5.69 Å². The van der Waals surface area contributed by atoms with Crippen molar-refractivity contribution < 1.29 is 14.6 Å². The molecule has 1 heterocycles. The lowest BCUT2D eigenvalue weighted by Gasteiger charge is -2.25. The van der Waals surface area contributed by atoms with Crippen LogP contribution in [0.1, 0.15) is 24.1 Å². The molecule has 0 spiro atoms. The van der Waals surface area contributed by atoms with Crippen molar-refractivity contribution in [2.45, 2.75) is 32.4 Å². The van der Waals surface area contributed by atoms with Gasteiger partial charge in [-0.3, -0.25) is 4.90 Å². The molecule has 34 heavy (non-hydrogen) atoms. The number of benzene rings is 2. The molecule has 3 aromatic rings. The fourth-order valence-electron chi connectivity index (χ4n) is 3.93. The minimum Gasteiger partial charge on any atom is -0.437 e. The maximum Gasteiger partial charge on any atom is 0.227 e. The molecule has 7 heteroatoms. The summed E-state index contributed by atoms with van der Waals surface area (Å²) in [6.07, 6.45) is 3.56. The second-order valence-electron chi connectivity index (χ2n) is 8.77. The molecule has 4 rings (SSSR count). The normalized spacial score (nSPS) is 14.4. The number of aromatic nitrogens is 2. The van der Waals surface area contributed by atoms with Gasteiger partial charge in [-0.05, 0) is 49.9 Å². The number of aliphatic hydroxyl groups excluding tert-OH is 1. The average Bonchev–Trinajstić information content (AvgIpc) is 3.60. The molecule has 1 atom stereocenters. The van der Waals surface area contributed by atoms with E-state index in [1.54, 1.807) is 6.08 Å². The fraction of sp³-hybridized carbons (Fsp3) is 0.370. The Morgan fingerprint density at radius 3 is 2.65 bits per heavy atom. The molecule has 1 saturated carbocycles. The van der Waals surface area contributed by atoms with Gasteiger partial charge in [0.15, 0.2) is 0 Å². The van der Waals surface area contributed by atoms with E-state index in [2.05, 4.69) is 11.5 Å². The van der Waals surface area contributed by atoms with Gasteiger partial charge in [0.05, 0.1) is 41.3 Å². The first-order chi connectivity index (χ1) is 16.5. The minimum atomic E-state index is -0.587. The second-order valence-corrected chi connectivity index (χ2v) is 9.17. The first-order valence-corrected chi connectivity index (χ1v) is 12.1. The van der Waals surface area contributed by atoms with Gasteiger partial charge < -0.3 is 14.6 Å². The van der Waals surface area contributed by atoms with E-state index in [9.17, 15) is 5.11 Å². The number of hydrogen-bond donors (Lipinski definition) is 1. The summed E-state index contributed by atoms with van der Waals surface area (Å²) in [5.41, 5.74) is 2.76. The Labute approximate surface area is 206 Å². The molecule has 1 aliphatic carbocycles. The van der Waals surface area contributed by atoms with Crippen LogP contribution < -0.4 is 4.74 Å². The van der Waals surface area contributed by atoms with Crippen molar-refractivity contribution in [1.29, 1.82) is 0 Å². The molecule has 180 valence electrons. The van der Waals surface area contributed by atoms with Crippen molar-refractivity contribution in [3.63, 3.8) is 0 Å². The van der Waals surface area contributed by atoms with Gasteiger partial charge in [0.25, 0.3) is 0 Å². The molecule has 0 unspecified atom stereocenters. The van der Waals surface area contributed by atoms with Crippen molar-refractivity contribution in [1.82, 2.24) is 14.7 Å². The smallest absolute Gasteiger partial charge is 0.227 e. The van der Waals surface area contributed by atoms with Gasteiger partial charge >= 0.3 is 0 Å². The molecule has 0 bridgehead atoms. The van der Waals surface area contributed by atoms with Crippen LogP contribution in [0, 0.1) is 12.8 Å². The second kappa shape index (κ2) is 11.7. The molecule has 0 aliphatic heterocycles. The fourth-order valence-corrected chi connectivity index (χ4v) is 4.11. The lowest BCUT2D eigenvalue weighted by atomic mass is 10.2. The Hall–Kier alpha value is -2.64. The van der Waals surface area contributed by atoms with Gasteiger partial charge in [-0.15, -0.1) is 6.58 Å². The van der Waals surface area contributed by atoms with E-state index in [1.807, 2.05) is 66.2 Å². The number of aryl methyl sites for hydroxylation is 1. The van der Waals surface area contributed by atoms with Crippen LogP contribution >= 0.6 is 11.6 Å².